The fraction of sp³-hybridized carbons (Fsp3) is 0.467. The average molecular weight is 292 g/mol. The van der Waals surface area contributed by atoms with E-state index < -0.39 is 0 Å². The molecule has 6 heteroatoms. The van der Waals surface area contributed by atoms with Gasteiger partial charge in [0.2, 0.25) is 0 Å². The van der Waals surface area contributed by atoms with Gasteiger partial charge >= 0.3 is 0 Å². The zero-order valence-corrected chi connectivity index (χ0v) is 12.6. The van der Waals surface area contributed by atoms with E-state index in [1.165, 1.54) is 7.11 Å². The van der Waals surface area contributed by atoms with Crippen LogP contribution in [0.1, 0.15) is 25.1 Å². The molecule has 114 valence electrons. The predicted octanol–water partition coefficient (Wildman–Crippen LogP) is 2.22. The second kappa shape index (κ2) is 7.17. The average Bonchev–Trinajstić information content (AvgIpc) is 2.88. The van der Waals surface area contributed by atoms with E-state index in [1.807, 2.05) is 6.20 Å². The molecule has 0 fully saturated rings. The molecule has 0 aliphatic rings. The summed E-state index contributed by atoms with van der Waals surface area (Å²) in [6.07, 6.45) is 1.83. The quantitative estimate of drug-likeness (QED) is 0.850. The lowest BCUT2D eigenvalue weighted by Crippen LogP contribution is -2.19. The molecule has 1 aromatic heterocycles. The third-order valence-corrected chi connectivity index (χ3v) is 3.04. The van der Waals surface area contributed by atoms with Crippen molar-refractivity contribution in [2.45, 2.75) is 26.9 Å². The summed E-state index contributed by atoms with van der Waals surface area (Å²) in [6, 6.07) is 5.08. The van der Waals surface area contributed by atoms with Crippen molar-refractivity contribution in [1.29, 1.82) is 0 Å². The van der Waals surface area contributed by atoms with E-state index in [2.05, 4.69) is 29.5 Å². The van der Waals surface area contributed by atoms with Crippen LogP contribution in [0.3, 0.4) is 0 Å². The van der Waals surface area contributed by atoms with Crippen molar-refractivity contribution in [3.05, 3.63) is 41.5 Å². The van der Waals surface area contributed by atoms with Crippen molar-refractivity contribution in [2.75, 3.05) is 13.7 Å². The first-order valence-corrected chi connectivity index (χ1v) is 7.01. The van der Waals surface area contributed by atoms with Crippen LogP contribution in [0, 0.1) is 11.7 Å². The van der Waals surface area contributed by atoms with Crippen LogP contribution in [0.15, 0.2) is 24.4 Å². The van der Waals surface area contributed by atoms with Crippen LogP contribution in [-0.2, 0) is 13.1 Å². The first kappa shape index (κ1) is 15.4. The van der Waals surface area contributed by atoms with Gasteiger partial charge in [-0.3, -0.25) is 0 Å². The Hall–Kier alpha value is -1.95. The van der Waals surface area contributed by atoms with E-state index in [9.17, 15) is 4.39 Å². The van der Waals surface area contributed by atoms with E-state index in [4.69, 9.17) is 4.74 Å². The fourth-order valence-corrected chi connectivity index (χ4v) is 2.00. The van der Waals surface area contributed by atoms with Crippen molar-refractivity contribution in [3.63, 3.8) is 0 Å². The normalized spacial score (nSPS) is 11.1. The van der Waals surface area contributed by atoms with E-state index in [-0.39, 0.29) is 11.6 Å². The zero-order chi connectivity index (χ0) is 15.2. The number of benzene rings is 1. The minimum Gasteiger partial charge on any atom is -0.494 e. The Morgan fingerprint density at radius 1 is 1.38 bits per heavy atom. The molecular formula is C15H21FN4O. The molecular weight excluding hydrogens is 271 g/mol. The maximum absolute atomic E-state index is 14.1. The lowest BCUT2D eigenvalue weighted by molar-refractivity contribution is 0.383. The Morgan fingerprint density at radius 3 is 2.90 bits per heavy atom. The molecule has 0 saturated carbocycles. The second-order valence-corrected chi connectivity index (χ2v) is 5.37. The third kappa shape index (κ3) is 4.26. The minimum atomic E-state index is -0.352. The third-order valence-electron chi connectivity index (χ3n) is 3.04. The molecule has 0 spiro atoms. The van der Waals surface area contributed by atoms with Crippen molar-refractivity contribution >= 4 is 0 Å². The lowest BCUT2D eigenvalue weighted by Gasteiger charge is -2.07. The molecule has 0 aliphatic carbocycles. The van der Waals surface area contributed by atoms with Crippen LogP contribution >= 0.6 is 0 Å². The molecule has 2 rings (SSSR count). The first-order valence-electron chi connectivity index (χ1n) is 7.01. The van der Waals surface area contributed by atoms with Gasteiger partial charge in [0, 0.05) is 12.1 Å². The van der Waals surface area contributed by atoms with Gasteiger partial charge in [-0.15, -0.1) is 5.10 Å². The van der Waals surface area contributed by atoms with Gasteiger partial charge in [-0.05, 0) is 18.5 Å². The standard InChI is InChI=1S/C15H21FN4O/c1-11(2)7-17-8-13-10-20(19-18-13)9-12-5-4-6-14(21-3)15(12)16/h4-6,10-11,17H,7-9H2,1-3H3. The topological polar surface area (TPSA) is 52.0 Å². The number of hydrogen-bond donors (Lipinski definition) is 1. The van der Waals surface area contributed by atoms with Crippen molar-refractivity contribution in [1.82, 2.24) is 20.3 Å². The molecule has 5 nitrogen and oxygen atoms in total. The minimum absolute atomic E-state index is 0.242. The smallest absolute Gasteiger partial charge is 0.170 e. The number of ether oxygens (including phenoxy) is 1. The summed E-state index contributed by atoms with van der Waals surface area (Å²) in [7, 11) is 1.45. The van der Waals surface area contributed by atoms with Crippen LogP contribution in [0.5, 0.6) is 5.75 Å². The van der Waals surface area contributed by atoms with Crippen LogP contribution < -0.4 is 10.1 Å². The molecule has 21 heavy (non-hydrogen) atoms. The lowest BCUT2D eigenvalue weighted by atomic mass is 10.2. The highest BCUT2D eigenvalue weighted by atomic mass is 19.1. The number of halogens is 1. The Morgan fingerprint density at radius 2 is 2.19 bits per heavy atom. The van der Waals surface area contributed by atoms with E-state index >= 15 is 0 Å². The van der Waals surface area contributed by atoms with E-state index in [1.54, 1.807) is 22.9 Å². The monoisotopic (exact) mass is 292 g/mol. The van der Waals surface area contributed by atoms with Gasteiger partial charge in [0.25, 0.3) is 0 Å². The summed E-state index contributed by atoms with van der Waals surface area (Å²) in [4.78, 5) is 0. The molecule has 0 bridgehead atoms. The number of rotatable bonds is 7. The Balaban J connectivity index is 1.99. The highest BCUT2D eigenvalue weighted by Gasteiger charge is 2.10. The molecule has 0 atom stereocenters. The molecule has 1 N–H and O–H groups in total. The number of nitrogens with zero attached hydrogens (tertiary/aromatic N) is 3. The fourth-order valence-electron chi connectivity index (χ4n) is 2.00. The Bertz CT molecular complexity index is 583. The van der Waals surface area contributed by atoms with Crippen LogP contribution in [0.25, 0.3) is 0 Å². The predicted molar refractivity (Wildman–Crippen MR) is 78.6 cm³/mol. The van der Waals surface area contributed by atoms with Gasteiger partial charge in [-0.25, -0.2) is 9.07 Å². The largest absolute Gasteiger partial charge is 0.494 e. The first-order chi connectivity index (χ1) is 10.1. The summed E-state index contributed by atoms with van der Waals surface area (Å²) in [5, 5.41) is 11.4. The maximum Gasteiger partial charge on any atom is 0.170 e. The number of nitrogens with one attached hydrogen (secondary N) is 1. The molecule has 1 aromatic carbocycles. The SMILES string of the molecule is COc1cccc(Cn2cc(CNCC(C)C)nn2)c1F. The number of hydrogen-bond acceptors (Lipinski definition) is 4. The van der Waals surface area contributed by atoms with Gasteiger partial charge in [0.1, 0.15) is 0 Å². The van der Waals surface area contributed by atoms with Crippen molar-refractivity contribution < 1.29 is 9.13 Å². The molecule has 0 saturated heterocycles. The van der Waals surface area contributed by atoms with Crippen LogP contribution in [0.2, 0.25) is 0 Å². The molecule has 1 heterocycles. The summed E-state index contributed by atoms with van der Waals surface area (Å²) >= 11 is 0. The highest BCUT2D eigenvalue weighted by molar-refractivity contribution is 5.31. The number of methoxy groups -OCH3 is 1. The van der Waals surface area contributed by atoms with E-state index in [0.717, 1.165) is 12.2 Å². The summed E-state index contributed by atoms with van der Waals surface area (Å²) < 4.78 is 20.7. The molecule has 2 aromatic rings. The van der Waals surface area contributed by atoms with Crippen molar-refractivity contribution in [3.8, 4) is 5.75 Å². The highest BCUT2D eigenvalue weighted by Crippen LogP contribution is 2.20. The molecule has 0 amide bonds. The summed E-state index contributed by atoms with van der Waals surface area (Å²) in [5.41, 5.74) is 1.37. The summed E-state index contributed by atoms with van der Waals surface area (Å²) in [5.74, 6) is 0.479. The van der Waals surface area contributed by atoms with E-state index in [0.29, 0.717) is 24.6 Å². The molecule has 0 aliphatic heterocycles. The van der Waals surface area contributed by atoms with Crippen LogP contribution in [-0.4, -0.2) is 28.6 Å². The van der Waals surface area contributed by atoms with Crippen molar-refractivity contribution in [2.24, 2.45) is 5.92 Å². The van der Waals surface area contributed by atoms with Gasteiger partial charge in [0.15, 0.2) is 11.6 Å². The Kier molecular flexibility index (Phi) is 5.27. The van der Waals surface area contributed by atoms with Gasteiger partial charge < -0.3 is 10.1 Å². The van der Waals surface area contributed by atoms with Gasteiger partial charge in [0.05, 0.1) is 25.5 Å². The second-order valence-electron chi connectivity index (χ2n) is 5.37. The Labute approximate surface area is 124 Å². The van der Waals surface area contributed by atoms with Gasteiger partial charge in [-0.2, -0.15) is 0 Å². The summed E-state index contributed by atoms with van der Waals surface area (Å²) in [6.45, 7) is 6.22. The van der Waals surface area contributed by atoms with Gasteiger partial charge in [-0.1, -0.05) is 31.2 Å². The van der Waals surface area contributed by atoms with Crippen LogP contribution in [0.4, 0.5) is 4.39 Å². The molecule has 0 unspecified atom stereocenters. The number of aromatic nitrogens is 3. The maximum atomic E-state index is 14.1. The molecule has 0 radical (unpaired) electrons. The zero-order valence-electron chi connectivity index (χ0n) is 12.6.